The van der Waals surface area contributed by atoms with Crippen LogP contribution in [0, 0.1) is 6.92 Å². The zero-order chi connectivity index (χ0) is 26.4. The quantitative estimate of drug-likeness (QED) is 0.234. The molecular weight excluding hydrogens is 494 g/mol. The van der Waals surface area contributed by atoms with E-state index in [1.165, 1.54) is 0 Å². The number of ether oxygens (including phenoxy) is 1. The summed E-state index contributed by atoms with van der Waals surface area (Å²) in [7, 11) is 0. The zero-order valence-electron chi connectivity index (χ0n) is 21.0. The molecule has 3 aromatic rings. The van der Waals surface area contributed by atoms with E-state index in [-0.39, 0.29) is 6.54 Å². The van der Waals surface area contributed by atoms with Crippen LogP contribution in [0.2, 0.25) is 0 Å². The van der Waals surface area contributed by atoms with Gasteiger partial charge >= 0.3 is 0 Å². The molecule has 4 rings (SSSR count). The van der Waals surface area contributed by atoms with Crippen LogP contribution in [-0.2, 0) is 22.7 Å². The lowest BCUT2D eigenvalue weighted by atomic mass is 10.1. The summed E-state index contributed by atoms with van der Waals surface area (Å²) in [6.45, 7) is 7.87. The molecule has 1 aliphatic heterocycles. The molecule has 2 N–H and O–H groups in total. The molecule has 1 aliphatic rings. The minimum Gasteiger partial charge on any atom is -0.755 e. The summed E-state index contributed by atoms with van der Waals surface area (Å²) in [6, 6.07) is 15.7. The van der Waals surface area contributed by atoms with Crippen molar-refractivity contribution in [2.75, 3.05) is 43.6 Å². The van der Waals surface area contributed by atoms with Gasteiger partial charge in [-0.15, -0.1) is 0 Å². The van der Waals surface area contributed by atoms with Crippen molar-refractivity contribution in [2.24, 2.45) is 0 Å². The maximum absolute atomic E-state index is 12.5. The van der Waals surface area contributed by atoms with Crippen molar-refractivity contribution in [1.82, 2.24) is 20.3 Å². The van der Waals surface area contributed by atoms with Gasteiger partial charge in [-0.3, -0.25) is 24.1 Å². The molecule has 2 heterocycles. The van der Waals surface area contributed by atoms with Gasteiger partial charge in [-0.2, -0.15) is 0 Å². The van der Waals surface area contributed by atoms with Crippen molar-refractivity contribution in [3.05, 3.63) is 65.9 Å². The Hall–Kier alpha value is -3.09. The summed E-state index contributed by atoms with van der Waals surface area (Å²) in [5.74, 6) is -0.0560. The number of carbonyl (C=O) groups excluding carboxylic acids is 1. The summed E-state index contributed by atoms with van der Waals surface area (Å²) in [4.78, 5) is 21.2. The van der Waals surface area contributed by atoms with Gasteiger partial charge in [0.05, 0.1) is 12.1 Å². The van der Waals surface area contributed by atoms with E-state index in [0.29, 0.717) is 31.1 Å². The minimum absolute atomic E-state index is 0.128. The fourth-order valence-corrected chi connectivity index (χ4v) is 5.18. The topological polar surface area (TPSA) is 121 Å². The largest absolute Gasteiger partial charge is 0.755 e. The van der Waals surface area contributed by atoms with Crippen LogP contribution in [0.15, 0.2) is 54.6 Å². The number of nitrogens with one attached hydrogen (secondary N) is 1. The molecule has 2 atom stereocenters. The summed E-state index contributed by atoms with van der Waals surface area (Å²) < 4.78 is 31.4. The summed E-state index contributed by atoms with van der Waals surface area (Å²) in [5.41, 5.74) is 4.91. The van der Waals surface area contributed by atoms with E-state index in [1.54, 1.807) is 29.7 Å². The van der Waals surface area contributed by atoms with Crippen LogP contribution >= 0.6 is 0 Å². The van der Waals surface area contributed by atoms with Crippen molar-refractivity contribution in [3.8, 4) is 5.75 Å². The second-order valence-electron chi connectivity index (χ2n) is 8.96. The molecule has 198 valence electrons. The van der Waals surface area contributed by atoms with Gasteiger partial charge in [0.1, 0.15) is 18.4 Å². The standard InChI is InChI=1S/C26H33N5O5S/c1-3-29-12-14-30(15-13-29)25(26(32)28-33)17-31(37(34)35)21-8-10-22(11-9-21)36-18-20-16-19(2)27-24-7-5-4-6-23(20)24/h4-11,16,25,33H,3,12-15,17-18H2,1-2H3,(H,28,32)(H,34,35)/p-1/t25-/m0/s1. The van der Waals surface area contributed by atoms with Gasteiger partial charge in [-0.25, -0.2) is 5.48 Å². The van der Waals surface area contributed by atoms with Crippen molar-refractivity contribution in [3.63, 3.8) is 0 Å². The molecule has 0 bridgehead atoms. The number of hydrogen-bond acceptors (Lipinski definition) is 8. The highest BCUT2D eigenvalue weighted by Gasteiger charge is 2.31. The van der Waals surface area contributed by atoms with Gasteiger partial charge in [0.25, 0.3) is 5.91 Å². The van der Waals surface area contributed by atoms with Crippen molar-refractivity contribution >= 4 is 33.8 Å². The van der Waals surface area contributed by atoms with Gasteiger partial charge in [-0.1, -0.05) is 25.1 Å². The minimum atomic E-state index is -2.63. The normalized spacial score (nSPS) is 16.3. The highest BCUT2D eigenvalue weighted by molar-refractivity contribution is 7.80. The maximum Gasteiger partial charge on any atom is 0.262 e. The first-order chi connectivity index (χ1) is 17.9. The Morgan fingerprint density at radius 3 is 2.54 bits per heavy atom. The predicted octanol–water partition coefficient (Wildman–Crippen LogP) is 2.23. The number of anilines is 1. The lowest BCUT2D eigenvalue weighted by Gasteiger charge is -2.40. The molecule has 1 saturated heterocycles. The molecule has 10 nitrogen and oxygen atoms in total. The van der Waals surface area contributed by atoms with Crippen molar-refractivity contribution < 1.29 is 23.5 Å². The number of amides is 1. The number of para-hydroxylation sites is 1. The second kappa shape index (κ2) is 12.4. The van der Waals surface area contributed by atoms with Crippen LogP contribution < -0.4 is 14.5 Å². The van der Waals surface area contributed by atoms with E-state index in [1.807, 2.05) is 42.2 Å². The average molecular weight is 527 g/mol. The van der Waals surface area contributed by atoms with E-state index in [9.17, 15) is 18.8 Å². The van der Waals surface area contributed by atoms with E-state index in [2.05, 4.69) is 16.8 Å². The molecule has 0 spiro atoms. The van der Waals surface area contributed by atoms with E-state index < -0.39 is 23.2 Å². The van der Waals surface area contributed by atoms with Gasteiger partial charge in [0.15, 0.2) is 0 Å². The molecule has 0 radical (unpaired) electrons. The Kier molecular flexibility index (Phi) is 9.06. The number of carbonyl (C=O) groups is 1. The molecule has 37 heavy (non-hydrogen) atoms. The Balaban J connectivity index is 1.46. The number of piperazine rings is 1. The number of fused-ring (bicyclic) bond motifs is 1. The first kappa shape index (κ1) is 27.0. The van der Waals surface area contributed by atoms with E-state index >= 15 is 0 Å². The average Bonchev–Trinajstić information content (AvgIpc) is 2.92. The van der Waals surface area contributed by atoms with Crippen LogP contribution in [0.1, 0.15) is 18.2 Å². The Morgan fingerprint density at radius 1 is 1.19 bits per heavy atom. The Bertz CT molecular complexity index is 1230. The first-order valence-corrected chi connectivity index (χ1v) is 13.3. The van der Waals surface area contributed by atoms with Crippen LogP contribution in [0.4, 0.5) is 5.69 Å². The molecule has 11 heteroatoms. The maximum atomic E-state index is 12.5. The van der Waals surface area contributed by atoms with E-state index in [4.69, 9.17) is 4.74 Å². The molecule has 1 fully saturated rings. The number of rotatable bonds is 10. The van der Waals surface area contributed by atoms with Crippen LogP contribution in [-0.4, -0.2) is 80.0 Å². The van der Waals surface area contributed by atoms with Crippen LogP contribution in [0.5, 0.6) is 5.75 Å². The van der Waals surface area contributed by atoms with Gasteiger partial charge in [-0.05, 0) is 49.9 Å². The third kappa shape index (κ3) is 6.62. The number of nitrogens with zero attached hydrogens (tertiary/aromatic N) is 4. The highest BCUT2D eigenvalue weighted by atomic mass is 32.2. The molecule has 1 amide bonds. The summed E-state index contributed by atoms with van der Waals surface area (Å²) in [6.07, 6.45) is 0. The first-order valence-electron chi connectivity index (χ1n) is 12.2. The molecule has 1 unspecified atom stereocenters. The van der Waals surface area contributed by atoms with Gasteiger partial charge in [0, 0.05) is 59.8 Å². The van der Waals surface area contributed by atoms with Gasteiger partial charge < -0.3 is 18.5 Å². The second-order valence-corrected chi connectivity index (χ2v) is 9.84. The Labute approximate surface area is 219 Å². The number of hydrogen-bond donors (Lipinski definition) is 2. The monoisotopic (exact) mass is 526 g/mol. The third-order valence-corrected chi connectivity index (χ3v) is 7.40. The van der Waals surface area contributed by atoms with Crippen LogP contribution in [0.3, 0.4) is 0 Å². The molecule has 0 aliphatic carbocycles. The lowest BCUT2D eigenvalue weighted by Crippen LogP contribution is -2.58. The van der Waals surface area contributed by atoms with Crippen molar-refractivity contribution in [2.45, 2.75) is 26.5 Å². The molecule has 1 aromatic heterocycles. The smallest absolute Gasteiger partial charge is 0.262 e. The van der Waals surface area contributed by atoms with E-state index in [0.717, 1.165) is 46.1 Å². The number of benzene rings is 2. The molecule has 2 aromatic carbocycles. The fraction of sp³-hybridized carbons (Fsp3) is 0.385. The summed E-state index contributed by atoms with van der Waals surface area (Å²) >= 11 is -2.63. The van der Waals surface area contributed by atoms with Crippen LogP contribution in [0.25, 0.3) is 10.9 Å². The molecule has 0 saturated carbocycles. The molecular formula is C26H32N5O5S-. The SMILES string of the molecule is CCN1CCN([C@@H](CN(c2ccc(OCc3cc(C)nc4ccccc34)cc2)S(=O)[O-])C(=O)NO)CC1. The highest BCUT2D eigenvalue weighted by Crippen LogP contribution is 2.24. The fourth-order valence-electron chi connectivity index (χ4n) is 4.62. The Morgan fingerprint density at radius 2 is 1.89 bits per heavy atom. The number of likely N-dealkylation sites (N-methyl/N-ethyl adjacent to an activating group) is 1. The van der Waals surface area contributed by atoms with Crippen molar-refractivity contribution in [1.29, 1.82) is 0 Å². The predicted molar refractivity (Wildman–Crippen MR) is 141 cm³/mol. The zero-order valence-corrected chi connectivity index (χ0v) is 21.8. The number of hydroxylamine groups is 1. The lowest BCUT2D eigenvalue weighted by molar-refractivity contribution is -0.135. The summed E-state index contributed by atoms with van der Waals surface area (Å²) in [5, 5.41) is 10.3. The number of aryl methyl sites for hydroxylation is 1. The third-order valence-electron chi connectivity index (χ3n) is 6.68. The number of pyridine rings is 1. The van der Waals surface area contributed by atoms with Gasteiger partial charge in [0.2, 0.25) is 0 Å². The number of aromatic nitrogens is 1.